The quantitative estimate of drug-likeness (QED) is 0.113. The third-order valence-corrected chi connectivity index (χ3v) is 6.57. The van der Waals surface area contributed by atoms with E-state index in [1.165, 1.54) is 109 Å². The number of unbranched alkanes of at least 4 members (excludes halogenated alkanes) is 19. The van der Waals surface area contributed by atoms with Gasteiger partial charge in [-0.3, -0.25) is 9.59 Å². The van der Waals surface area contributed by atoms with Gasteiger partial charge >= 0.3 is 5.97 Å². The number of anilines is 1. The van der Waals surface area contributed by atoms with Crippen molar-refractivity contribution in [2.75, 3.05) is 5.32 Å². The van der Waals surface area contributed by atoms with Crippen LogP contribution in [0.15, 0.2) is 42.5 Å². The van der Waals surface area contributed by atoms with Gasteiger partial charge in [-0.25, -0.2) is 0 Å². The van der Waals surface area contributed by atoms with Gasteiger partial charge < -0.3 is 10.4 Å². The Morgan fingerprint density at radius 3 is 1.43 bits per heavy atom. The highest BCUT2D eigenvalue weighted by Crippen LogP contribution is 2.15. The summed E-state index contributed by atoms with van der Waals surface area (Å²) in [7, 11) is 0. The Labute approximate surface area is 215 Å². The highest BCUT2D eigenvalue weighted by molar-refractivity contribution is 5.99. The van der Waals surface area contributed by atoms with Crippen LogP contribution in [0.1, 0.15) is 135 Å². The first-order valence-corrected chi connectivity index (χ1v) is 14.4. The van der Waals surface area contributed by atoms with Crippen LogP contribution >= 0.6 is 0 Å². The molecule has 4 nitrogen and oxygen atoms in total. The zero-order valence-electron chi connectivity index (χ0n) is 22.2. The Bertz CT molecular complexity index is 656. The number of hydrogen-bond donors (Lipinski definition) is 2. The first-order chi connectivity index (χ1) is 17.2. The summed E-state index contributed by atoms with van der Waals surface area (Å²) in [5, 5.41) is 11.5. The normalized spacial score (nSPS) is 11.2. The topological polar surface area (TPSA) is 66.4 Å². The van der Waals surface area contributed by atoms with Crippen LogP contribution in [0.4, 0.5) is 5.69 Å². The van der Waals surface area contributed by atoms with Crippen LogP contribution in [0.25, 0.3) is 0 Å². The Balaban J connectivity index is 1.72. The Hall–Kier alpha value is -2.10. The van der Waals surface area contributed by atoms with Crippen molar-refractivity contribution in [3.05, 3.63) is 42.5 Å². The lowest BCUT2D eigenvalue weighted by atomic mass is 10.0. The maximum absolute atomic E-state index is 11.8. The molecule has 198 valence electrons. The molecule has 1 amide bonds. The second-order valence-electron chi connectivity index (χ2n) is 9.91. The van der Waals surface area contributed by atoms with Crippen LogP contribution in [0.5, 0.6) is 0 Å². The number of aliphatic carboxylic acids is 1. The summed E-state index contributed by atoms with van der Waals surface area (Å²) >= 11 is 0. The average Bonchev–Trinajstić information content (AvgIpc) is 2.85. The smallest absolute Gasteiger partial charge is 0.303 e. The monoisotopic (exact) mass is 485 g/mol. The number of para-hydroxylation sites is 1. The van der Waals surface area contributed by atoms with Crippen LogP contribution in [0.2, 0.25) is 0 Å². The van der Waals surface area contributed by atoms with Crippen molar-refractivity contribution in [2.24, 2.45) is 0 Å². The predicted molar refractivity (Wildman–Crippen MR) is 149 cm³/mol. The lowest BCUT2D eigenvalue weighted by Gasteiger charge is -2.04. The maximum atomic E-state index is 11.8. The van der Waals surface area contributed by atoms with Gasteiger partial charge in [-0.05, 0) is 37.5 Å². The first kappa shape index (κ1) is 30.9. The molecule has 0 saturated heterocycles. The SMILES string of the molecule is O=C(O)CCCCCCCCCCCCCCCCCCCCCC=CC(=O)Nc1ccccc1. The van der Waals surface area contributed by atoms with E-state index in [9.17, 15) is 9.59 Å². The number of nitrogens with one attached hydrogen (secondary N) is 1. The molecule has 4 heteroatoms. The van der Waals surface area contributed by atoms with Gasteiger partial charge in [-0.15, -0.1) is 0 Å². The standard InChI is InChI=1S/C31H51NO3/c33-30(32-29-25-21-20-22-26-29)27-23-18-16-14-12-10-8-6-4-2-1-3-5-7-9-11-13-15-17-19-24-28-31(34)35/h20-23,25-27H,1-19,24,28H2,(H,32,33)(H,34,35). The Morgan fingerprint density at radius 2 is 1.00 bits per heavy atom. The second-order valence-corrected chi connectivity index (χ2v) is 9.91. The minimum Gasteiger partial charge on any atom is -0.481 e. The van der Waals surface area contributed by atoms with Crippen molar-refractivity contribution >= 4 is 17.6 Å². The van der Waals surface area contributed by atoms with E-state index >= 15 is 0 Å². The minimum atomic E-state index is -0.662. The molecule has 0 saturated carbocycles. The van der Waals surface area contributed by atoms with Crippen molar-refractivity contribution in [3.63, 3.8) is 0 Å². The van der Waals surface area contributed by atoms with Crippen molar-refractivity contribution in [1.82, 2.24) is 0 Å². The molecule has 1 rings (SSSR count). The summed E-state index contributed by atoms with van der Waals surface area (Å²) in [6.07, 6.45) is 29.5. The number of carboxylic acid groups (broad SMARTS) is 1. The van der Waals surface area contributed by atoms with Gasteiger partial charge in [0.25, 0.3) is 0 Å². The van der Waals surface area contributed by atoms with Gasteiger partial charge in [-0.1, -0.05) is 133 Å². The molecule has 0 atom stereocenters. The number of carboxylic acids is 1. The first-order valence-electron chi connectivity index (χ1n) is 14.4. The number of benzene rings is 1. The molecule has 0 spiro atoms. The summed E-state index contributed by atoms with van der Waals surface area (Å²) in [6.45, 7) is 0. The van der Waals surface area contributed by atoms with Crippen molar-refractivity contribution < 1.29 is 14.7 Å². The largest absolute Gasteiger partial charge is 0.481 e. The molecule has 0 aliphatic rings. The third-order valence-electron chi connectivity index (χ3n) is 6.57. The number of hydrogen-bond acceptors (Lipinski definition) is 2. The van der Waals surface area contributed by atoms with E-state index in [2.05, 4.69) is 5.32 Å². The zero-order chi connectivity index (χ0) is 25.2. The molecule has 0 bridgehead atoms. The average molecular weight is 486 g/mol. The fourth-order valence-electron chi connectivity index (χ4n) is 4.44. The molecule has 0 aromatic heterocycles. The van der Waals surface area contributed by atoms with Crippen molar-refractivity contribution in [1.29, 1.82) is 0 Å². The Morgan fingerprint density at radius 1 is 0.600 bits per heavy atom. The molecule has 0 heterocycles. The van der Waals surface area contributed by atoms with E-state index in [-0.39, 0.29) is 5.91 Å². The molecular weight excluding hydrogens is 434 g/mol. The van der Waals surface area contributed by atoms with Crippen LogP contribution in [0, 0.1) is 0 Å². The molecule has 35 heavy (non-hydrogen) atoms. The van der Waals surface area contributed by atoms with E-state index in [1.54, 1.807) is 6.08 Å². The molecule has 0 unspecified atom stereocenters. The lowest BCUT2D eigenvalue weighted by Crippen LogP contribution is -2.07. The number of rotatable bonds is 24. The highest BCUT2D eigenvalue weighted by Gasteiger charge is 1.98. The van der Waals surface area contributed by atoms with Gasteiger partial charge in [-0.2, -0.15) is 0 Å². The summed E-state index contributed by atoms with van der Waals surface area (Å²) in [4.78, 5) is 22.3. The third kappa shape index (κ3) is 22.1. The number of carbonyl (C=O) groups excluding carboxylic acids is 1. The molecule has 0 aliphatic heterocycles. The Kier molecular flexibility index (Phi) is 20.9. The summed E-state index contributed by atoms with van der Waals surface area (Å²) < 4.78 is 0. The van der Waals surface area contributed by atoms with Crippen LogP contribution < -0.4 is 5.32 Å². The van der Waals surface area contributed by atoms with Crippen molar-refractivity contribution in [2.45, 2.75) is 135 Å². The fourth-order valence-corrected chi connectivity index (χ4v) is 4.44. The van der Waals surface area contributed by atoms with E-state index in [0.717, 1.165) is 24.9 Å². The zero-order valence-corrected chi connectivity index (χ0v) is 22.2. The molecular formula is C31H51NO3. The fraction of sp³-hybridized carbons (Fsp3) is 0.677. The molecule has 1 aromatic rings. The number of carbonyl (C=O) groups is 2. The van der Waals surface area contributed by atoms with E-state index < -0.39 is 5.97 Å². The number of amides is 1. The van der Waals surface area contributed by atoms with E-state index in [1.807, 2.05) is 36.4 Å². The van der Waals surface area contributed by atoms with Crippen molar-refractivity contribution in [3.8, 4) is 0 Å². The van der Waals surface area contributed by atoms with Crippen LogP contribution in [-0.2, 0) is 9.59 Å². The lowest BCUT2D eigenvalue weighted by molar-refractivity contribution is -0.137. The van der Waals surface area contributed by atoms with Gasteiger partial charge in [0, 0.05) is 12.1 Å². The summed E-state index contributed by atoms with van der Waals surface area (Å²) in [6, 6.07) is 9.57. The molecule has 2 N–H and O–H groups in total. The van der Waals surface area contributed by atoms with Gasteiger partial charge in [0.05, 0.1) is 0 Å². The summed E-state index contributed by atoms with van der Waals surface area (Å²) in [5.41, 5.74) is 0.841. The van der Waals surface area contributed by atoms with Gasteiger partial charge in [0.1, 0.15) is 0 Å². The van der Waals surface area contributed by atoms with E-state index in [0.29, 0.717) is 6.42 Å². The molecule has 1 aromatic carbocycles. The maximum Gasteiger partial charge on any atom is 0.303 e. The van der Waals surface area contributed by atoms with Gasteiger partial charge in [0.15, 0.2) is 0 Å². The van der Waals surface area contributed by atoms with E-state index in [4.69, 9.17) is 5.11 Å². The van der Waals surface area contributed by atoms with Gasteiger partial charge in [0.2, 0.25) is 5.91 Å². The summed E-state index contributed by atoms with van der Waals surface area (Å²) in [5.74, 6) is -0.709. The van der Waals surface area contributed by atoms with Crippen LogP contribution in [0.3, 0.4) is 0 Å². The molecule has 0 fully saturated rings. The number of allylic oxidation sites excluding steroid dienone is 1. The second kappa shape index (κ2) is 23.6. The predicted octanol–water partition coefficient (Wildman–Crippen LogP) is 9.46. The van der Waals surface area contributed by atoms with Crippen LogP contribution in [-0.4, -0.2) is 17.0 Å². The minimum absolute atomic E-state index is 0.0468. The molecule has 0 radical (unpaired) electrons. The molecule has 0 aliphatic carbocycles. The highest BCUT2D eigenvalue weighted by atomic mass is 16.4.